The van der Waals surface area contributed by atoms with Crippen molar-refractivity contribution in [1.82, 2.24) is 0 Å². The predicted octanol–water partition coefficient (Wildman–Crippen LogP) is 2.23. The molecule has 1 heterocycles. The van der Waals surface area contributed by atoms with E-state index in [0.29, 0.717) is 17.8 Å². The third kappa shape index (κ3) is 2.00. The van der Waals surface area contributed by atoms with Gasteiger partial charge in [0.05, 0.1) is 6.07 Å². The topological polar surface area (TPSA) is 76.1 Å². The Morgan fingerprint density at radius 2 is 2.00 bits per heavy atom. The summed E-state index contributed by atoms with van der Waals surface area (Å²) >= 11 is 0. The van der Waals surface area contributed by atoms with Crippen LogP contribution in [0, 0.1) is 17.2 Å². The molecular formula is C16H16N2O2. The number of allylic oxidation sites excluding steroid dienone is 2. The number of nitrogens with zero attached hydrogens (tertiary/aromatic N) is 1. The molecule has 2 N–H and O–H groups in total. The van der Waals surface area contributed by atoms with Crippen molar-refractivity contribution in [2.45, 2.75) is 31.4 Å². The molecule has 1 aliphatic heterocycles. The highest BCUT2D eigenvalue weighted by Crippen LogP contribution is 2.43. The first-order chi connectivity index (χ1) is 9.72. The fraction of sp³-hybridized carbons (Fsp3) is 0.375. The maximum Gasteiger partial charge on any atom is 0.164 e. The number of Topliss-reactive ketones (excluding diaryl/α,β-unsaturated/α-hetero) is 1. The summed E-state index contributed by atoms with van der Waals surface area (Å²) in [5, 5.41) is 9.43. The van der Waals surface area contributed by atoms with Crippen LogP contribution >= 0.6 is 0 Å². The van der Waals surface area contributed by atoms with Gasteiger partial charge in [-0.05, 0) is 12.0 Å². The van der Waals surface area contributed by atoms with Crippen LogP contribution in [0.3, 0.4) is 0 Å². The minimum absolute atomic E-state index is 0.0900. The lowest BCUT2D eigenvalue weighted by Gasteiger charge is -2.37. The molecule has 0 bridgehead atoms. The highest BCUT2D eigenvalue weighted by molar-refractivity contribution is 5.98. The van der Waals surface area contributed by atoms with E-state index in [1.807, 2.05) is 30.3 Å². The van der Waals surface area contributed by atoms with Crippen molar-refractivity contribution >= 4 is 5.78 Å². The minimum atomic E-state index is -0.671. The molecule has 0 fully saturated rings. The molecule has 3 unspecified atom stereocenters. The van der Waals surface area contributed by atoms with E-state index < -0.39 is 12.1 Å². The number of carbonyl (C=O) groups is 1. The summed E-state index contributed by atoms with van der Waals surface area (Å²) in [6.45, 7) is 0. The van der Waals surface area contributed by atoms with Crippen molar-refractivity contribution in [2.24, 2.45) is 11.7 Å². The fourth-order valence-electron chi connectivity index (χ4n) is 3.09. The summed E-state index contributed by atoms with van der Waals surface area (Å²) in [5.74, 6) is -0.0210. The maximum atomic E-state index is 12.3. The lowest BCUT2D eigenvalue weighted by molar-refractivity contribution is -0.117. The predicted molar refractivity (Wildman–Crippen MR) is 73.2 cm³/mol. The summed E-state index contributed by atoms with van der Waals surface area (Å²) in [4.78, 5) is 12.3. The molecule has 4 nitrogen and oxygen atoms in total. The SMILES string of the molecule is N#CC1C(N)OC2=C(C(=O)CCC2)C1c1ccccc1. The van der Waals surface area contributed by atoms with Gasteiger partial charge < -0.3 is 4.74 Å². The quantitative estimate of drug-likeness (QED) is 0.847. The van der Waals surface area contributed by atoms with Crippen LogP contribution in [0.2, 0.25) is 0 Å². The summed E-state index contributed by atoms with van der Waals surface area (Å²) in [6, 6.07) is 11.9. The van der Waals surface area contributed by atoms with Crippen LogP contribution < -0.4 is 5.73 Å². The number of ketones is 1. The number of ether oxygens (including phenoxy) is 1. The van der Waals surface area contributed by atoms with Gasteiger partial charge in [0.2, 0.25) is 0 Å². The average molecular weight is 268 g/mol. The highest BCUT2D eigenvalue weighted by atomic mass is 16.5. The van der Waals surface area contributed by atoms with Crippen molar-refractivity contribution in [1.29, 1.82) is 5.26 Å². The van der Waals surface area contributed by atoms with E-state index in [-0.39, 0.29) is 11.7 Å². The largest absolute Gasteiger partial charge is 0.478 e. The van der Waals surface area contributed by atoms with E-state index in [2.05, 4.69) is 6.07 Å². The smallest absolute Gasteiger partial charge is 0.164 e. The molecule has 2 aliphatic rings. The molecule has 1 aliphatic carbocycles. The molecule has 3 atom stereocenters. The molecule has 3 rings (SSSR count). The van der Waals surface area contributed by atoms with Gasteiger partial charge in [0, 0.05) is 24.3 Å². The summed E-state index contributed by atoms with van der Waals surface area (Å²) in [7, 11) is 0. The Balaban J connectivity index is 2.14. The number of benzene rings is 1. The van der Waals surface area contributed by atoms with E-state index in [1.54, 1.807) is 0 Å². The summed E-state index contributed by atoms with van der Waals surface area (Å²) in [5.41, 5.74) is 7.60. The first kappa shape index (κ1) is 12.9. The number of carbonyl (C=O) groups excluding carboxylic acids is 1. The van der Waals surface area contributed by atoms with Gasteiger partial charge in [-0.3, -0.25) is 10.5 Å². The minimum Gasteiger partial charge on any atom is -0.478 e. The molecule has 20 heavy (non-hydrogen) atoms. The number of nitrogens with two attached hydrogens (primary N) is 1. The summed E-state index contributed by atoms with van der Waals surface area (Å²) < 4.78 is 5.63. The van der Waals surface area contributed by atoms with Gasteiger partial charge in [-0.1, -0.05) is 30.3 Å². The lowest BCUT2D eigenvalue weighted by Crippen LogP contribution is -2.42. The van der Waals surface area contributed by atoms with Crippen molar-refractivity contribution in [2.75, 3.05) is 0 Å². The molecule has 1 aromatic rings. The van der Waals surface area contributed by atoms with Crippen LogP contribution in [0.4, 0.5) is 0 Å². The molecule has 0 saturated heterocycles. The van der Waals surface area contributed by atoms with E-state index in [9.17, 15) is 10.1 Å². The third-order valence-electron chi connectivity index (χ3n) is 4.02. The van der Waals surface area contributed by atoms with Crippen molar-refractivity contribution in [3.63, 3.8) is 0 Å². The van der Waals surface area contributed by atoms with Crippen LogP contribution in [0.1, 0.15) is 30.7 Å². The second kappa shape index (κ2) is 5.10. The number of rotatable bonds is 1. The Bertz CT molecular complexity index is 601. The van der Waals surface area contributed by atoms with Gasteiger partial charge in [0.15, 0.2) is 12.0 Å². The molecule has 102 valence electrons. The van der Waals surface area contributed by atoms with Crippen LogP contribution in [-0.4, -0.2) is 12.0 Å². The zero-order chi connectivity index (χ0) is 14.1. The molecular weight excluding hydrogens is 252 g/mol. The van der Waals surface area contributed by atoms with E-state index in [4.69, 9.17) is 10.5 Å². The Morgan fingerprint density at radius 3 is 2.70 bits per heavy atom. The zero-order valence-corrected chi connectivity index (χ0v) is 11.1. The molecule has 0 aromatic heterocycles. The van der Waals surface area contributed by atoms with Gasteiger partial charge in [0.1, 0.15) is 11.7 Å². The number of hydrogen-bond acceptors (Lipinski definition) is 4. The van der Waals surface area contributed by atoms with Crippen molar-refractivity contribution in [3.8, 4) is 6.07 Å². The third-order valence-corrected chi connectivity index (χ3v) is 4.02. The second-order valence-corrected chi connectivity index (χ2v) is 5.24. The van der Waals surface area contributed by atoms with Gasteiger partial charge in [-0.25, -0.2) is 0 Å². The van der Waals surface area contributed by atoms with Gasteiger partial charge in [-0.2, -0.15) is 5.26 Å². The van der Waals surface area contributed by atoms with E-state index in [1.165, 1.54) is 0 Å². The van der Waals surface area contributed by atoms with Crippen molar-refractivity contribution in [3.05, 3.63) is 47.2 Å². The van der Waals surface area contributed by atoms with Crippen LogP contribution in [-0.2, 0) is 9.53 Å². The molecule has 0 saturated carbocycles. The average Bonchev–Trinajstić information content (AvgIpc) is 2.47. The van der Waals surface area contributed by atoms with Gasteiger partial charge >= 0.3 is 0 Å². The van der Waals surface area contributed by atoms with Gasteiger partial charge in [0.25, 0.3) is 0 Å². The lowest BCUT2D eigenvalue weighted by atomic mass is 9.74. The Hall–Kier alpha value is -2.12. The van der Waals surface area contributed by atoms with Crippen LogP contribution in [0.25, 0.3) is 0 Å². The fourth-order valence-corrected chi connectivity index (χ4v) is 3.09. The number of hydrogen-bond donors (Lipinski definition) is 1. The monoisotopic (exact) mass is 268 g/mol. The van der Waals surface area contributed by atoms with E-state index in [0.717, 1.165) is 18.4 Å². The summed E-state index contributed by atoms with van der Waals surface area (Å²) in [6.07, 6.45) is 1.38. The zero-order valence-electron chi connectivity index (χ0n) is 11.1. The Kier molecular flexibility index (Phi) is 3.29. The highest BCUT2D eigenvalue weighted by Gasteiger charge is 2.42. The van der Waals surface area contributed by atoms with Gasteiger partial charge in [-0.15, -0.1) is 0 Å². The van der Waals surface area contributed by atoms with Crippen LogP contribution in [0.15, 0.2) is 41.7 Å². The second-order valence-electron chi connectivity index (χ2n) is 5.24. The standard InChI is InChI=1S/C16H16N2O2/c17-9-11-14(10-5-2-1-3-6-10)15-12(19)7-4-8-13(15)20-16(11)18/h1-3,5-6,11,14,16H,4,7-8,18H2. The number of nitriles is 1. The first-order valence-corrected chi connectivity index (χ1v) is 6.85. The Morgan fingerprint density at radius 1 is 1.25 bits per heavy atom. The maximum absolute atomic E-state index is 12.3. The molecule has 4 heteroatoms. The Labute approximate surface area is 117 Å². The van der Waals surface area contributed by atoms with Crippen molar-refractivity contribution < 1.29 is 9.53 Å². The molecule has 0 spiro atoms. The molecule has 0 radical (unpaired) electrons. The normalized spacial score (nSPS) is 29.4. The first-order valence-electron chi connectivity index (χ1n) is 6.85. The van der Waals surface area contributed by atoms with E-state index >= 15 is 0 Å². The molecule has 1 aromatic carbocycles. The van der Waals surface area contributed by atoms with Crippen LogP contribution in [0.5, 0.6) is 0 Å². The molecule has 0 amide bonds.